The molecule has 2 rings (SSSR count). The van der Waals surface area contributed by atoms with Crippen molar-refractivity contribution >= 4 is 17.9 Å². The molecule has 0 spiro atoms. The Bertz CT molecular complexity index is 673. The lowest BCUT2D eigenvalue weighted by Crippen LogP contribution is -2.02. The number of nitro groups is 1. The van der Waals surface area contributed by atoms with E-state index in [0.717, 1.165) is 12.1 Å². The minimum Gasteiger partial charge on any atom is -0.477 e. The summed E-state index contributed by atoms with van der Waals surface area (Å²) in [7, 11) is 0. The van der Waals surface area contributed by atoms with Gasteiger partial charge in [-0.3, -0.25) is 14.9 Å². The molecule has 0 radical (unpaired) electrons. The molecule has 1 N–H and O–H groups in total. The van der Waals surface area contributed by atoms with Crippen LogP contribution in [0.3, 0.4) is 0 Å². The van der Waals surface area contributed by atoms with Crippen molar-refractivity contribution in [3.63, 3.8) is 0 Å². The number of aldehydes is 1. The highest BCUT2D eigenvalue weighted by Gasteiger charge is 2.21. The van der Waals surface area contributed by atoms with E-state index in [4.69, 9.17) is 9.52 Å². The van der Waals surface area contributed by atoms with Crippen molar-refractivity contribution in [2.75, 3.05) is 0 Å². The molecule has 0 atom stereocenters. The summed E-state index contributed by atoms with van der Waals surface area (Å²) in [5.74, 6) is -1.06. The van der Waals surface area contributed by atoms with Crippen LogP contribution in [0.4, 0.5) is 5.69 Å². The van der Waals surface area contributed by atoms with Crippen LogP contribution < -0.4 is 0 Å². The monoisotopic (exact) mass is 261 g/mol. The number of hydrogen-bond acceptors (Lipinski definition) is 5. The molecule has 0 unspecified atom stereocenters. The SMILES string of the molecule is O=Cc1ccc(-c2ccc([N+](=O)[O-])c(C(=O)O)c2)o1. The van der Waals surface area contributed by atoms with Gasteiger partial charge >= 0.3 is 5.97 Å². The molecule has 0 saturated carbocycles. The van der Waals surface area contributed by atoms with E-state index < -0.39 is 22.1 Å². The van der Waals surface area contributed by atoms with Crippen LogP contribution in [-0.4, -0.2) is 22.3 Å². The standard InChI is InChI=1S/C12H7NO6/c14-6-8-2-4-11(19-8)7-1-3-10(13(17)18)9(5-7)12(15)16/h1-6H,(H,15,16). The van der Waals surface area contributed by atoms with Crippen LogP contribution in [0.1, 0.15) is 20.9 Å². The zero-order chi connectivity index (χ0) is 14.0. The van der Waals surface area contributed by atoms with Crippen molar-refractivity contribution in [1.29, 1.82) is 0 Å². The normalized spacial score (nSPS) is 10.1. The van der Waals surface area contributed by atoms with E-state index in [1.807, 2.05) is 0 Å². The molecule has 0 saturated heterocycles. The van der Waals surface area contributed by atoms with Gasteiger partial charge in [0.1, 0.15) is 11.3 Å². The summed E-state index contributed by atoms with van der Waals surface area (Å²) in [4.78, 5) is 31.4. The van der Waals surface area contributed by atoms with Gasteiger partial charge in [-0.15, -0.1) is 0 Å². The third kappa shape index (κ3) is 2.34. The first-order chi connectivity index (χ1) is 9.02. The summed E-state index contributed by atoms with van der Waals surface area (Å²) in [6, 6.07) is 6.48. The second-order valence-corrected chi connectivity index (χ2v) is 3.61. The number of nitro benzene ring substituents is 1. The van der Waals surface area contributed by atoms with E-state index in [2.05, 4.69) is 0 Å². The fourth-order valence-electron chi connectivity index (χ4n) is 1.59. The first-order valence-electron chi connectivity index (χ1n) is 5.10. The lowest BCUT2D eigenvalue weighted by molar-refractivity contribution is -0.385. The Morgan fingerprint density at radius 1 is 1.32 bits per heavy atom. The van der Waals surface area contributed by atoms with E-state index in [1.54, 1.807) is 0 Å². The van der Waals surface area contributed by atoms with Crippen LogP contribution in [0.5, 0.6) is 0 Å². The summed E-state index contributed by atoms with van der Waals surface area (Å²) in [5.41, 5.74) is -0.596. The molecule has 0 aliphatic rings. The van der Waals surface area contributed by atoms with Gasteiger partial charge in [-0.25, -0.2) is 4.79 Å². The maximum Gasteiger partial charge on any atom is 0.342 e. The van der Waals surface area contributed by atoms with Crippen LogP contribution >= 0.6 is 0 Å². The first-order valence-corrected chi connectivity index (χ1v) is 5.10. The lowest BCUT2D eigenvalue weighted by Gasteiger charge is -2.01. The van der Waals surface area contributed by atoms with E-state index in [1.165, 1.54) is 18.2 Å². The Kier molecular flexibility index (Phi) is 3.11. The molecule has 0 aliphatic heterocycles. The van der Waals surface area contributed by atoms with Crippen LogP contribution in [0, 0.1) is 10.1 Å². The second kappa shape index (κ2) is 4.73. The van der Waals surface area contributed by atoms with Crippen LogP contribution in [-0.2, 0) is 0 Å². The molecule has 2 aromatic rings. The summed E-state index contributed by atoms with van der Waals surface area (Å²) in [6.07, 6.45) is 0.507. The van der Waals surface area contributed by atoms with E-state index in [0.29, 0.717) is 11.8 Å². The topological polar surface area (TPSA) is 111 Å². The number of carbonyl (C=O) groups is 2. The molecular formula is C12H7NO6. The smallest absolute Gasteiger partial charge is 0.342 e. The summed E-state index contributed by atoms with van der Waals surface area (Å²) < 4.78 is 5.12. The van der Waals surface area contributed by atoms with Gasteiger partial charge in [0.15, 0.2) is 12.0 Å². The fraction of sp³-hybridized carbons (Fsp3) is 0. The number of carboxylic acids is 1. The van der Waals surface area contributed by atoms with Crippen molar-refractivity contribution in [3.05, 3.63) is 51.8 Å². The maximum atomic E-state index is 11.0. The third-order valence-corrected chi connectivity index (χ3v) is 2.45. The van der Waals surface area contributed by atoms with Crippen molar-refractivity contribution in [1.82, 2.24) is 0 Å². The van der Waals surface area contributed by atoms with Gasteiger partial charge < -0.3 is 9.52 Å². The number of hydrogen-bond donors (Lipinski definition) is 1. The largest absolute Gasteiger partial charge is 0.477 e. The Morgan fingerprint density at radius 3 is 2.58 bits per heavy atom. The number of rotatable bonds is 4. The van der Waals surface area contributed by atoms with E-state index in [-0.39, 0.29) is 11.5 Å². The highest BCUT2D eigenvalue weighted by Crippen LogP contribution is 2.27. The highest BCUT2D eigenvalue weighted by atomic mass is 16.6. The molecule has 7 nitrogen and oxygen atoms in total. The van der Waals surface area contributed by atoms with Crippen LogP contribution in [0.15, 0.2) is 34.7 Å². The molecule has 0 aliphatic carbocycles. The maximum absolute atomic E-state index is 11.0. The predicted octanol–water partition coefficient (Wildman–Crippen LogP) is 2.37. The first kappa shape index (κ1) is 12.5. The zero-order valence-electron chi connectivity index (χ0n) is 9.40. The number of furan rings is 1. The molecule has 0 fully saturated rings. The van der Waals surface area contributed by atoms with Crippen molar-refractivity contribution in [3.8, 4) is 11.3 Å². The molecule has 0 bridgehead atoms. The van der Waals surface area contributed by atoms with E-state index in [9.17, 15) is 19.7 Å². The third-order valence-electron chi connectivity index (χ3n) is 2.45. The molecule has 19 heavy (non-hydrogen) atoms. The average Bonchev–Trinajstić information content (AvgIpc) is 2.86. The van der Waals surface area contributed by atoms with Gasteiger partial charge in [-0.05, 0) is 24.3 Å². The Hall–Kier alpha value is -2.96. The second-order valence-electron chi connectivity index (χ2n) is 3.61. The van der Waals surface area contributed by atoms with Crippen LogP contribution in [0.2, 0.25) is 0 Å². The van der Waals surface area contributed by atoms with Crippen molar-refractivity contribution in [2.45, 2.75) is 0 Å². The Morgan fingerprint density at radius 2 is 2.05 bits per heavy atom. The Labute approximate surface area is 106 Å². The van der Waals surface area contributed by atoms with Gasteiger partial charge in [0, 0.05) is 11.6 Å². The molecular weight excluding hydrogens is 254 g/mol. The van der Waals surface area contributed by atoms with Gasteiger partial charge in [-0.1, -0.05) is 0 Å². The average molecular weight is 261 g/mol. The molecule has 0 amide bonds. The van der Waals surface area contributed by atoms with Gasteiger partial charge in [-0.2, -0.15) is 0 Å². The minimum absolute atomic E-state index is 0.0882. The molecule has 96 valence electrons. The number of benzene rings is 1. The van der Waals surface area contributed by atoms with Crippen LogP contribution in [0.25, 0.3) is 11.3 Å². The number of carboxylic acid groups (broad SMARTS) is 1. The summed E-state index contributed by atoms with van der Waals surface area (Å²) in [6.45, 7) is 0. The van der Waals surface area contributed by atoms with Crippen molar-refractivity contribution < 1.29 is 24.0 Å². The molecule has 7 heteroatoms. The van der Waals surface area contributed by atoms with Gasteiger partial charge in [0.2, 0.25) is 0 Å². The van der Waals surface area contributed by atoms with Gasteiger partial charge in [0.05, 0.1) is 4.92 Å². The lowest BCUT2D eigenvalue weighted by atomic mass is 10.1. The number of aromatic carboxylic acids is 1. The predicted molar refractivity (Wildman–Crippen MR) is 63.1 cm³/mol. The minimum atomic E-state index is -1.41. The fourth-order valence-corrected chi connectivity index (χ4v) is 1.59. The summed E-state index contributed by atoms with van der Waals surface area (Å²) in [5, 5.41) is 19.6. The molecule has 1 aromatic heterocycles. The number of nitrogens with zero attached hydrogens (tertiary/aromatic N) is 1. The highest BCUT2D eigenvalue weighted by molar-refractivity contribution is 5.94. The molecule has 1 heterocycles. The van der Waals surface area contributed by atoms with Crippen molar-refractivity contribution in [2.24, 2.45) is 0 Å². The quantitative estimate of drug-likeness (QED) is 0.513. The van der Waals surface area contributed by atoms with E-state index >= 15 is 0 Å². The number of carbonyl (C=O) groups excluding carboxylic acids is 1. The molecule has 1 aromatic carbocycles. The zero-order valence-corrected chi connectivity index (χ0v) is 9.40. The van der Waals surface area contributed by atoms with Gasteiger partial charge in [0.25, 0.3) is 5.69 Å². The summed E-state index contributed by atoms with van der Waals surface area (Å²) >= 11 is 0. The Balaban J connectivity index is 2.54.